The number of benzene rings is 2. The molecular weight excluding hydrogens is 362 g/mol. The zero-order valence-corrected chi connectivity index (χ0v) is 15.8. The number of amides is 1. The zero-order chi connectivity index (χ0) is 18.4. The van der Waals surface area contributed by atoms with Crippen molar-refractivity contribution in [2.24, 2.45) is 0 Å². The van der Waals surface area contributed by atoms with Gasteiger partial charge in [-0.05, 0) is 42.8 Å². The van der Waals surface area contributed by atoms with Crippen LogP contribution >= 0.6 is 11.3 Å². The third kappa shape index (κ3) is 2.98. The number of carbonyl (C=O) groups excluding carboxylic acids is 1. The van der Waals surface area contributed by atoms with E-state index in [-0.39, 0.29) is 12.7 Å². The highest BCUT2D eigenvalue weighted by Crippen LogP contribution is 2.33. The first-order chi connectivity index (χ1) is 13.2. The summed E-state index contributed by atoms with van der Waals surface area (Å²) in [6, 6.07) is 11.7. The maximum Gasteiger partial charge on any atom is 0.254 e. The van der Waals surface area contributed by atoms with E-state index in [0.717, 1.165) is 23.7 Å². The van der Waals surface area contributed by atoms with Gasteiger partial charge < -0.3 is 19.3 Å². The Labute approximate surface area is 160 Å². The molecule has 0 atom stereocenters. The standard InChI is InChI=1S/C20H19N3O3S/c1-13-2-4-15-18(10-13)27-20(21-15)23-8-6-22(7-9-23)19(24)14-3-5-16-17(11-14)26-12-25-16/h2-5,10-11H,6-9,12H2,1H3. The second-order valence-corrected chi connectivity index (χ2v) is 7.82. The minimum atomic E-state index is 0.0351. The van der Waals surface area contributed by atoms with Gasteiger partial charge in [0, 0.05) is 31.7 Å². The Morgan fingerprint density at radius 3 is 2.70 bits per heavy atom. The first-order valence-corrected chi connectivity index (χ1v) is 9.80. The number of aromatic nitrogens is 1. The van der Waals surface area contributed by atoms with Crippen LogP contribution in [0, 0.1) is 6.92 Å². The van der Waals surface area contributed by atoms with E-state index in [4.69, 9.17) is 14.5 Å². The van der Waals surface area contributed by atoms with Gasteiger partial charge in [-0.25, -0.2) is 4.98 Å². The van der Waals surface area contributed by atoms with Crippen molar-refractivity contribution in [3.05, 3.63) is 47.5 Å². The number of piperazine rings is 1. The van der Waals surface area contributed by atoms with E-state index in [1.54, 1.807) is 29.5 Å². The van der Waals surface area contributed by atoms with Crippen LogP contribution in [0.1, 0.15) is 15.9 Å². The van der Waals surface area contributed by atoms with Crippen LogP contribution in [0.15, 0.2) is 36.4 Å². The van der Waals surface area contributed by atoms with E-state index in [0.29, 0.717) is 30.2 Å². The summed E-state index contributed by atoms with van der Waals surface area (Å²) in [5, 5.41) is 1.03. The molecule has 7 heteroatoms. The Balaban J connectivity index is 1.28. The van der Waals surface area contributed by atoms with Gasteiger partial charge in [0.25, 0.3) is 5.91 Å². The molecule has 0 spiro atoms. The summed E-state index contributed by atoms with van der Waals surface area (Å²) in [6.45, 7) is 5.25. The van der Waals surface area contributed by atoms with Crippen LogP contribution in [-0.4, -0.2) is 48.8 Å². The minimum Gasteiger partial charge on any atom is -0.454 e. The van der Waals surface area contributed by atoms with Gasteiger partial charge in [-0.1, -0.05) is 17.4 Å². The summed E-state index contributed by atoms with van der Waals surface area (Å²) in [6.07, 6.45) is 0. The number of anilines is 1. The molecule has 2 aliphatic heterocycles. The lowest BCUT2D eigenvalue weighted by Gasteiger charge is -2.34. The predicted octanol–water partition coefficient (Wildman–Crippen LogP) is 3.30. The Morgan fingerprint density at radius 1 is 1.04 bits per heavy atom. The van der Waals surface area contributed by atoms with Crippen molar-refractivity contribution < 1.29 is 14.3 Å². The Morgan fingerprint density at radius 2 is 1.85 bits per heavy atom. The number of fused-ring (bicyclic) bond motifs is 2. The van der Waals surface area contributed by atoms with Gasteiger partial charge in [-0.15, -0.1) is 0 Å². The summed E-state index contributed by atoms with van der Waals surface area (Å²) in [5.41, 5.74) is 2.93. The van der Waals surface area contributed by atoms with Gasteiger partial charge in [0.05, 0.1) is 10.2 Å². The van der Waals surface area contributed by atoms with E-state index >= 15 is 0 Å². The lowest BCUT2D eigenvalue weighted by Crippen LogP contribution is -2.48. The van der Waals surface area contributed by atoms with Crippen molar-refractivity contribution >= 4 is 32.6 Å². The zero-order valence-electron chi connectivity index (χ0n) is 15.0. The van der Waals surface area contributed by atoms with Gasteiger partial charge >= 0.3 is 0 Å². The fraction of sp³-hybridized carbons (Fsp3) is 0.300. The molecule has 0 N–H and O–H groups in total. The van der Waals surface area contributed by atoms with E-state index in [2.05, 4.69) is 30.0 Å². The highest BCUT2D eigenvalue weighted by atomic mass is 32.1. The Bertz CT molecular complexity index is 1020. The van der Waals surface area contributed by atoms with Gasteiger partial charge in [0.15, 0.2) is 16.6 Å². The summed E-state index contributed by atoms with van der Waals surface area (Å²) >= 11 is 1.72. The van der Waals surface area contributed by atoms with Crippen LogP contribution < -0.4 is 14.4 Å². The molecule has 5 rings (SSSR count). The molecule has 1 amide bonds. The number of ether oxygens (including phenoxy) is 2. The highest BCUT2D eigenvalue weighted by molar-refractivity contribution is 7.22. The Kier molecular flexibility index (Phi) is 3.89. The number of thiazole rings is 1. The molecule has 2 aromatic carbocycles. The monoisotopic (exact) mass is 381 g/mol. The fourth-order valence-corrected chi connectivity index (χ4v) is 4.58. The smallest absolute Gasteiger partial charge is 0.254 e. The molecule has 3 aromatic rings. The topological polar surface area (TPSA) is 54.9 Å². The van der Waals surface area contributed by atoms with Crippen molar-refractivity contribution in [1.29, 1.82) is 0 Å². The number of hydrogen-bond donors (Lipinski definition) is 0. The molecular formula is C20H19N3O3S. The largest absolute Gasteiger partial charge is 0.454 e. The van der Waals surface area contributed by atoms with Gasteiger partial charge in [-0.3, -0.25) is 4.79 Å². The average Bonchev–Trinajstić information content (AvgIpc) is 3.33. The van der Waals surface area contributed by atoms with Crippen molar-refractivity contribution in [3.63, 3.8) is 0 Å². The minimum absolute atomic E-state index is 0.0351. The molecule has 0 radical (unpaired) electrons. The quantitative estimate of drug-likeness (QED) is 0.682. The molecule has 3 heterocycles. The van der Waals surface area contributed by atoms with Gasteiger partial charge in [0.1, 0.15) is 0 Å². The van der Waals surface area contributed by atoms with Crippen LogP contribution in [0.5, 0.6) is 11.5 Å². The van der Waals surface area contributed by atoms with Crippen LogP contribution in [0.25, 0.3) is 10.2 Å². The van der Waals surface area contributed by atoms with Crippen molar-refractivity contribution in [3.8, 4) is 11.5 Å². The first-order valence-electron chi connectivity index (χ1n) is 8.98. The molecule has 6 nitrogen and oxygen atoms in total. The predicted molar refractivity (Wildman–Crippen MR) is 105 cm³/mol. The molecule has 0 aliphatic carbocycles. The summed E-state index contributed by atoms with van der Waals surface area (Å²) in [7, 11) is 0. The normalized spacial score (nSPS) is 16.2. The van der Waals surface area contributed by atoms with Crippen molar-refractivity contribution in [2.45, 2.75) is 6.92 Å². The van der Waals surface area contributed by atoms with Gasteiger partial charge in [-0.2, -0.15) is 0 Å². The third-order valence-corrected chi connectivity index (χ3v) is 6.07. The summed E-state index contributed by atoms with van der Waals surface area (Å²) < 4.78 is 11.9. The molecule has 1 aromatic heterocycles. The number of carbonyl (C=O) groups is 1. The molecule has 1 fully saturated rings. The molecule has 0 saturated carbocycles. The third-order valence-electron chi connectivity index (χ3n) is 4.99. The fourth-order valence-electron chi connectivity index (χ4n) is 3.47. The lowest BCUT2D eigenvalue weighted by molar-refractivity contribution is 0.0746. The van der Waals surface area contributed by atoms with Crippen molar-refractivity contribution in [2.75, 3.05) is 37.9 Å². The van der Waals surface area contributed by atoms with E-state index in [9.17, 15) is 4.79 Å². The molecule has 1 saturated heterocycles. The number of nitrogens with zero attached hydrogens (tertiary/aromatic N) is 3. The van der Waals surface area contributed by atoms with Crippen molar-refractivity contribution in [1.82, 2.24) is 9.88 Å². The summed E-state index contributed by atoms with van der Waals surface area (Å²) in [5.74, 6) is 1.37. The molecule has 0 unspecified atom stereocenters. The number of aryl methyl sites for hydroxylation is 1. The van der Waals surface area contributed by atoms with Crippen LogP contribution in [0.4, 0.5) is 5.13 Å². The van der Waals surface area contributed by atoms with E-state index < -0.39 is 0 Å². The Hall–Kier alpha value is -2.80. The average molecular weight is 381 g/mol. The molecule has 2 aliphatic rings. The van der Waals surface area contributed by atoms with Crippen LogP contribution in [-0.2, 0) is 0 Å². The van der Waals surface area contributed by atoms with Crippen LogP contribution in [0.3, 0.4) is 0 Å². The molecule has 0 bridgehead atoms. The lowest BCUT2D eigenvalue weighted by atomic mass is 10.1. The second kappa shape index (κ2) is 6.42. The SMILES string of the molecule is Cc1ccc2nc(N3CCN(C(=O)c4ccc5c(c4)OCO5)CC3)sc2c1. The maximum absolute atomic E-state index is 12.8. The molecule has 27 heavy (non-hydrogen) atoms. The first kappa shape index (κ1) is 16.4. The van der Waals surface area contributed by atoms with E-state index in [1.807, 2.05) is 4.90 Å². The second-order valence-electron chi connectivity index (χ2n) is 6.81. The summed E-state index contributed by atoms with van der Waals surface area (Å²) in [4.78, 5) is 21.7. The number of hydrogen-bond acceptors (Lipinski definition) is 6. The maximum atomic E-state index is 12.8. The van der Waals surface area contributed by atoms with E-state index in [1.165, 1.54) is 10.3 Å². The highest BCUT2D eigenvalue weighted by Gasteiger charge is 2.25. The van der Waals surface area contributed by atoms with Gasteiger partial charge in [0.2, 0.25) is 6.79 Å². The van der Waals surface area contributed by atoms with Crippen LogP contribution in [0.2, 0.25) is 0 Å². The molecule has 138 valence electrons. The number of rotatable bonds is 2.